The fourth-order valence-corrected chi connectivity index (χ4v) is 5.06. The molecule has 168 valence electrons. The molecule has 1 heterocycles. The van der Waals surface area contributed by atoms with Crippen molar-refractivity contribution in [2.24, 2.45) is 0 Å². The number of benzene rings is 3. The molecule has 1 aliphatic heterocycles. The largest absolute Gasteiger partial charge is 0.351 e. The van der Waals surface area contributed by atoms with E-state index in [2.05, 4.69) is 131 Å². The monoisotopic (exact) mass is 433 g/mol. The van der Waals surface area contributed by atoms with Gasteiger partial charge in [-0.05, 0) is 70.5 Å². The smallest absolute Gasteiger partial charge is 0.0482 e. The van der Waals surface area contributed by atoms with Gasteiger partial charge in [-0.2, -0.15) is 0 Å². The second-order valence-electron chi connectivity index (χ2n) is 9.63. The maximum Gasteiger partial charge on any atom is 0.0482 e. The first-order chi connectivity index (χ1) is 15.8. The van der Waals surface area contributed by atoms with Crippen molar-refractivity contribution in [2.75, 3.05) is 11.9 Å². The number of allylic oxidation sites excluding steroid dienone is 4. The first-order valence-corrected chi connectivity index (χ1v) is 11.9. The molecule has 0 N–H and O–H groups in total. The lowest BCUT2D eigenvalue weighted by Crippen LogP contribution is -2.22. The van der Waals surface area contributed by atoms with Crippen LogP contribution in [0.1, 0.15) is 60.6 Å². The van der Waals surface area contributed by atoms with E-state index in [-0.39, 0.29) is 5.41 Å². The van der Waals surface area contributed by atoms with Gasteiger partial charge in [-0.15, -0.1) is 0 Å². The van der Waals surface area contributed by atoms with Gasteiger partial charge in [-0.3, -0.25) is 0 Å². The number of fused-ring (bicyclic) bond motifs is 1. The SMILES string of the molecule is C=C1/C=C(c2ccc(C)c(C(C)(C)c3ccccc3CCC)c2)\C=C/N(C)c2ccccc21. The van der Waals surface area contributed by atoms with Crippen LogP contribution in [0.5, 0.6) is 0 Å². The molecular formula is C32H35N. The molecule has 4 rings (SSSR count). The normalized spacial score (nSPS) is 16.5. The Morgan fingerprint density at radius 1 is 0.909 bits per heavy atom. The molecular weight excluding hydrogens is 398 g/mol. The van der Waals surface area contributed by atoms with Crippen molar-refractivity contribution < 1.29 is 0 Å². The Bertz CT molecular complexity index is 1240. The van der Waals surface area contributed by atoms with Crippen molar-refractivity contribution >= 4 is 16.8 Å². The zero-order chi connectivity index (χ0) is 23.6. The molecule has 0 saturated carbocycles. The molecule has 0 atom stereocenters. The quantitative estimate of drug-likeness (QED) is 0.391. The Balaban J connectivity index is 1.81. The summed E-state index contributed by atoms with van der Waals surface area (Å²) in [5, 5.41) is 0. The van der Waals surface area contributed by atoms with Gasteiger partial charge in [-0.1, -0.05) is 94.4 Å². The third kappa shape index (κ3) is 4.46. The Kier molecular flexibility index (Phi) is 6.42. The van der Waals surface area contributed by atoms with Crippen molar-refractivity contribution in [1.82, 2.24) is 0 Å². The van der Waals surface area contributed by atoms with E-state index >= 15 is 0 Å². The van der Waals surface area contributed by atoms with Gasteiger partial charge in [0.2, 0.25) is 0 Å². The average Bonchev–Trinajstić information content (AvgIpc) is 2.81. The van der Waals surface area contributed by atoms with Crippen LogP contribution in [0.25, 0.3) is 11.1 Å². The van der Waals surface area contributed by atoms with Crippen molar-refractivity contribution in [3.8, 4) is 0 Å². The first-order valence-electron chi connectivity index (χ1n) is 11.9. The molecule has 0 fully saturated rings. The lowest BCUT2D eigenvalue weighted by atomic mass is 9.73. The van der Waals surface area contributed by atoms with E-state index in [1.54, 1.807) is 0 Å². The number of hydrogen-bond acceptors (Lipinski definition) is 1. The van der Waals surface area contributed by atoms with Crippen LogP contribution in [0.4, 0.5) is 5.69 Å². The molecule has 0 saturated heterocycles. The minimum absolute atomic E-state index is 0.0852. The summed E-state index contributed by atoms with van der Waals surface area (Å²) in [7, 11) is 2.10. The summed E-state index contributed by atoms with van der Waals surface area (Å²) in [5.74, 6) is 0. The molecule has 0 amide bonds. The molecule has 1 heteroatoms. The van der Waals surface area contributed by atoms with E-state index in [1.807, 2.05) is 0 Å². The third-order valence-corrected chi connectivity index (χ3v) is 6.89. The number of hydrogen-bond donors (Lipinski definition) is 0. The van der Waals surface area contributed by atoms with E-state index in [9.17, 15) is 0 Å². The molecule has 0 aromatic heterocycles. The molecule has 0 radical (unpaired) electrons. The predicted molar refractivity (Wildman–Crippen MR) is 145 cm³/mol. The van der Waals surface area contributed by atoms with Gasteiger partial charge >= 0.3 is 0 Å². The second-order valence-corrected chi connectivity index (χ2v) is 9.63. The molecule has 0 aliphatic carbocycles. The Hall–Kier alpha value is -3.32. The van der Waals surface area contributed by atoms with Crippen molar-refractivity contribution in [2.45, 2.75) is 46.0 Å². The highest BCUT2D eigenvalue weighted by Gasteiger charge is 2.27. The summed E-state index contributed by atoms with van der Waals surface area (Å²) in [4.78, 5) is 2.17. The topological polar surface area (TPSA) is 3.24 Å². The number of para-hydroxylation sites is 1. The minimum Gasteiger partial charge on any atom is -0.351 e. The standard InChI is InChI=1S/C32H35N/c1-7-12-25-13-8-10-15-29(25)32(4,5)30-22-26(18-17-23(30)2)27-19-20-33(6)31-16-11-9-14-28(31)24(3)21-27/h8-11,13-22H,3,7,12H2,1-2,4-6H3/b20-19-,27-21+. The lowest BCUT2D eigenvalue weighted by molar-refractivity contribution is 0.625. The van der Waals surface area contributed by atoms with Crippen LogP contribution in [0.3, 0.4) is 0 Å². The van der Waals surface area contributed by atoms with Gasteiger partial charge in [0.05, 0.1) is 0 Å². The Labute approximate surface area is 199 Å². The summed E-state index contributed by atoms with van der Waals surface area (Å²) in [6.07, 6.45) is 8.83. The van der Waals surface area contributed by atoms with Crippen LogP contribution in [0.2, 0.25) is 0 Å². The molecule has 1 aliphatic rings. The third-order valence-electron chi connectivity index (χ3n) is 6.89. The maximum atomic E-state index is 4.40. The van der Waals surface area contributed by atoms with Gasteiger partial charge in [0, 0.05) is 29.9 Å². The van der Waals surface area contributed by atoms with Crippen LogP contribution in [-0.4, -0.2) is 7.05 Å². The fourth-order valence-electron chi connectivity index (χ4n) is 5.06. The summed E-state index contributed by atoms with van der Waals surface area (Å²) >= 11 is 0. The highest BCUT2D eigenvalue weighted by molar-refractivity contribution is 5.92. The molecule has 3 aromatic carbocycles. The van der Waals surface area contributed by atoms with Gasteiger partial charge < -0.3 is 4.90 Å². The maximum absolute atomic E-state index is 4.40. The highest BCUT2D eigenvalue weighted by Crippen LogP contribution is 2.38. The van der Waals surface area contributed by atoms with Gasteiger partial charge in [0.1, 0.15) is 0 Å². The van der Waals surface area contributed by atoms with Crippen LogP contribution in [-0.2, 0) is 11.8 Å². The van der Waals surface area contributed by atoms with E-state index in [4.69, 9.17) is 0 Å². The Morgan fingerprint density at radius 3 is 2.42 bits per heavy atom. The second kappa shape index (κ2) is 9.27. The Morgan fingerprint density at radius 2 is 1.64 bits per heavy atom. The number of nitrogens with zero attached hydrogens (tertiary/aromatic N) is 1. The summed E-state index contributed by atoms with van der Waals surface area (Å²) in [5.41, 5.74) is 11.3. The minimum atomic E-state index is -0.0852. The average molecular weight is 434 g/mol. The zero-order valence-electron chi connectivity index (χ0n) is 20.7. The summed E-state index contributed by atoms with van der Waals surface area (Å²) in [6, 6.07) is 24.3. The number of aryl methyl sites for hydroxylation is 2. The summed E-state index contributed by atoms with van der Waals surface area (Å²) in [6.45, 7) is 13.6. The van der Waals surface area contributed by atoms with Crippen molar-refractivity contribution in [3.63, 3.8) is 0 Å². The number of anilines is 1. The van der Waals surface area contributed by atoms with E-state index in [1.165, 1.54) is 44.6 Å². The molecule has 0 spiro atoms. The molecule has 1 nitrogen and oxygen atoms in total. The van der Waals surface area contributed by atoms with Crippen LogP contribution >= 0.6 is 0 Å². The van der Waals surface area contributed by atoms with Gasteiger partial charge in [0.25, 0.3) is 0 Å². The molecule has 0 unspecified atom stereocenters. The van der Waals surface area contributed by atoms with Crippen LogP contribution in [0, 0.1) is 6.92 Å². The molecule has 33 heavy (non-hydrogen) atoms. The highest BCUT2D eigenvalue weighted by atomic mass is 15.1. The van der Waals surface area contributed by atoms with E-state index in [0.29, 0.717) is 0 Å². The predicted octanol–water partition coefficient (Wildman–Crippen LogP) is 8.33. The number of rotatable bonds is 5. The van der Waals surface area contributed by atoms with Gasteiger partial charge in [0.15, 0.2) is 0 Å². The molecule has 0 bridgehead atoms. The summed E-state index contributed by atoms with van der Waals surface area (Å²) < 4.78 is 0. The van der Waals surface area contributed by atoms with Crippen molar-refractivity contribution in [1.29, 1.82) is 0 Å². The van der Waals surface area contributed by atoms with Crippen LogP contribution < -0.4 is 4.90 Å². The van der Waals surface area contributed by atoms with Crippen LogP contribution in [0.15, 0.2) is 91.7 Å². The first kappa shape index (κ1) is 22.9. The van der Waals surface area contributed by atoms with E-state index in [0.717, 1.165) is 18.4 Å². The molecule has 3 aromatic rings. The van der Waals surface area contributed by atoms with Gasteiger partial charge in [-0.25, -0.2) is 0 Å². The van der Waals surface area contributed by atoms with E-state index < -0.39 is 0 Å². The van der Waals surface area contributed by atoms with Crippen molar-refractivity contribution in [3.05, 3.63) is 125 Å². The zero-order valence-corrected chi connectivity index (χ0v) is 20.7. The fraction of sp³-hybridized carbons (Fsp3) is 0.250. The lowest BCUT2D eigenvalue weighted by Gasteiger charge is -2.31.